The van der Waals surface area contributed by atoms with Crippen molar-refractivity contribution >= 4 is 23.3 Å². The molecule has 1 saturated carbocycles. The normalized spacial score (nSPS) is 23.3. The third kappa shape index (κ3) is 1.99. The Hall–Kier alpha value is -1.16. The number of fused-ring (bicyclic) bond motifs is 1. The summed E-state index contributed by atoms with van der Waals surface area (Å²) in [5.41, 5.74) is 2.66. The molecule has 0 radical (unpaired) electrons. The van der Waals surface area contributed by atoms with Gasteiger partial charge in [0, 0.05) is 12.2 Å². The van der Waals surface area contributed by atoms with Crippen LogP contribution >= 0.6 is 12.2 Å². The van der Waals surface area contributed by atoms with Crippen molar-refractivity contribution in [2.24, 2.45) is 5.41 Å². The van der Waals surface area contributed by atoms with Crippen molar-refractivity contribution in [1.82, 2.24) is 14.5 Å². The van der Waals surface area contributed by atoms with Gasteiger partial charge in [-0.15, -0.1) is 0 Å². The molecule has 0 aliphatic heterocycles. The molecule has 0 aromatic carbocycles. The van der Waals surface area contributed by atoms with Gasteiger partial charge in [-0.05, 0) is 43.0 Å². The Labute approximate surface area is 112 Å². The SMILES string of the molecule is CC1(C)CCCC(n2c(=S)[nH]c3cnccc32)C1. The fourth-order valence-corrected chi connectivity index (χ4v) is 3.58. The molecule has 96 valence electrons. The molecule has 1 N–H and O–H groups in total. The van der Waals surface area contributed by atoms with E-state index in [1.54, 1.807) is 0 Å². The smallest absolute Gasteiger partial charge is 0.178 e. The molecular weight excluding hydrogens is 242 g/mol. The van der Waals surface area contributed by atoms with Gasteiger partial charge >= 0.3 is 0 Å². The van der Waals surface area contributed by atoms with E-state index in [4.69, 9.17) is 12.2 Å². The van der Waals surface area contributed by atoms with Crippen LogP contribution in [0.4, 0.5) is 0 Å². The third-order valence-corrected chi connectivity index (χ3v) is 4.36. The minimum Gasteiger partial charge on any atom is -0.329 e. The van der Waals surface area contributed by atoms with Crippen molar-refractivity contribution < 1.29 is 0 Å². The maximum Gasteiger partial charge on any atom is 0.178 e. The van der Waals surface area contributed by atoms with Crippen LogP contribution in [-0.4, -0.2) is 14.5 Å². The first-order valence-corrected chi connectivity index (χ1v) is 7.02. The summed E-state index contributed by atoms with van der Waals surface area (Å²) in [6.45, 7) is 4.72. The van der Waals surface area contributed by atoms with Crippen LogP contribution in [-0.2, 0) is 0 Å². The van der Waals surface area contributed by atoms with Crippen molar-refractivity contribution in [2.75, 3.05) is 0 Å². The molecule has 0 saturated heterocycles. The number of nitrogens with one attached hydrogen (secondary N) is 1. The van der Waals surface area contributed by atoms with Gasteiger partial charge in [0.05, 0.1) is 17.2 Å². The Balaban J connectivity index is 2.09. The number of rotatable bonds is 1. The predicted octanol–water partition coefficient (Wildman–Crippen LogP) is 4.24. The number of nitrogens with zero attached hydrogens (tertiary/aromatic N) is 2. The molecule has 18 heavy (non-hydrogen) atoms. The molecule has 0 spiro atoms. The van der Waals surface area contributed by atoms with E-state index >= 15 is 0 Å². The lowest BCUT2D eigenvalue weighted by Crippen LogP contribution is -2.25. The molecule has 2 aromatic rings. The summed E-state index contributed by atoms with van der Waals surface area (Å²) >= 11 is 5.49. The highest BCUT2D eigenvalue weighted by Gasteiger charge is 2.29. The maximum atomic E-state index is 5.49. The summed E-state index contributed by atoms with van der Waals surface area (Å²) in [7, 11) is 0. The fourth-order valence-electron chi connectivity index (χ4n) is 3.22. The lowest BCUT2D eigenvalue weighted by Gasteiger charge is -2.36. The fraction of sp³-hybridized carbons (Fsp3) is 0.571. The lowest BCUT2D eigenvalue weighted by molar-refractivity contribution is 0.185. The van der Waals surface area contributed by atoms with Crippen LogP contribution in [0.1, 0.15) is 45.6 Å². The summed E-state index contributed by atoms with van der Waals surface area (Å²) in [5.74, 6) is 0. The first-order valence-electron chi connectivity index (χ1n) is 6.61. The van der Waals surface area contributed by atoms with E-state index in [2.05, 4.69) is 34.4 Å². The highest BCUT2D eigenvalue weighted by atomic mass is 32.1. The summed E-state index contributed by atoms with van der Waals surface area (Å²) in [6, 6.07) is 2.58. The number of aromatic nitrogens is 3. The molecule has 1 aliphatic carbocycles. The summed E-state index contributed by atoms with van der Waals surface area (Å²) < 4.78 is 3.13. The van der Waals surface area contributed by atoms with E-state index in [-0.39, 0.29) is 0 Å². The highest BCUT2D eigenvalue weighted by Crippen LogP contribution is 2.41. The van der Waals surface area contributed by atoms with Gasteiger partial charge in [-0.1, -0.05) is 20.3 Å². The van der Waals surface area contributed by atoms with Gasteiger partial charge in [0.15, 0.2) is 4.77 Å². The van der Waals surface area contributed by atoms with Crippen molar-refractivity contribution in [2.45, 2.75) is 45.6 Å². The zero-order chi connectivity index (χ0) is 12.8. The van der Waals surface area contributed by atoms with Gasteiger partial charge in [-0.2, -0.15) is 0 Å². The molecule has 3 rings (SSSR count). The average molecular weight is 261 g/mol. The summed E-state index contributed by atoms with van der Waals surface area (Å²) in [5, 5.41) is 0. The van der Waals surface area contributed by atoms with E-state index in [0.717, 1.165) is 10.3 Å². The standard InChI is InChI=1S/C14H19N3S/c1-14(2)6-3-4-10(8-14)17-12-5-7-15-9-11(12)16-13(17)18/h5,7,9-10H,3-4,6,8H2,1-2H3,(H,16,18). The van der Waals surface area contributed by atoms with Crippen LogP contribution in [0.2, 0.25) is 0 Å². The molecule has 1 aliphatic rings. The first-order chi connectivity index (χ1) is 8.57. The Kier molecular flexibility index (Phi) is 2.77. The molecule has 2 heterocycles. The Morgan fingerprint density at radius 1 is 1.50 bits per heavy atom. The molecule has 0 bridgehead atoms. The van der Waals surface area contributed by atoms with Gasteiger partial charge in [-0.3, -0.25) is 4.98 Å². The average Bonchev–Trinajstić information content (AvgIpc) is 2.63. The van der Waals surface area contributed by atoms with E-state index in [0.29, 0.717) is 11.5 Å². The van der Waals surface area contributed by atoms with Crippen molar-refractivity contribution in [3.63, 3.8) is 0 Å². The van der Waals surface area contributed by atoms with E-state index in [9.17, 15) is 0 Å². The number of hydrogen-bond donors (Lipinski definition) is 1. The van der Waals surface area contributed by atoms with Crippen LogP contribution in [0.15, 0.2) is 18.5 Å². The highest BCUT2D eigenvalue weighted by molar-refractivity contribution is 7.71. The minimum absolute atomic E-state index is 0.425. The van der Waals surface area contributed by atoms with Gasteiger partial charge in [0.25, 0.3) is 0 Å². The van der Waals surface area contributed by atoms with E-state index in [1.165, 1.54) is 31.2 Å². The van der Waals surface area contributed by atoms with E-state index < -0.39 is 0 Å². The Bertz CT molecular complexity index is 623. The second-order valence-corrected chi connectivity index (χ2v) is 6.49. The second-order valence-electron chi connectivity index (χ2n) is 6.11. The zero-order valence-corrected chi connectivity index (χ0v) is 11.8. The second kappa shape index (κ2) is 4.19. The molecule has 1 unspecified atom stereocenters. The summed E-state index contributed by atoms with van der Waals surface area (Å²) in [4.78, 5) is 7.42. The molecule has 1 atom stereocenters. The van der Waals surface area contributed by atoms with Crippen LogP contribution in [0.25, 0.3) is 11.0 Å². The number of hydrogen-bond acceptors (Lipinski definition) is 2. The van der Waals surface area contributed by atoms with Crippen LogP contribution in [0.3, 0.4) is 0 Å². The molecule has 4 heteroatoms. The van der Waals surface area contributed by atoms with Crippen LogP contribution < -0.4 is 0 Å². The van der Waals surface area contributed by atoms with Crippen LogP contribution in [0.5, 0.6) is 0 Å². The van der Waals surface area contributed by atoms with Gasteiger partial charge in [0.1, 0.15) is 0 Å². The molecule has 0 amide bonds. The van der Waals surface area contributed by atoms with Crippen molar-refractivity contribution in [1.29, 1.82) is 0 Å². The van der Waals surface area contributed by atoms with Gasteiger partial charge in [0.2, 0.25) is 0 Å². The van der Waals surface area contributed by atoms with Crippen molar-refractivity contribution in [3.8, 4) is 0 Å². The zero-order valence-electron chi connectivity index (χ0n) is 10.9. The quantitative estimate of drug-likeness (QED) is 0.779. The molecule has 3 nitrogen and oxygen atoms in total. The monoisotopic (exact) mass is 261 g/mol. The molecule has 1 fully saturated rings. The third-order valence-electron chi connectivity index (χ3n) is 4.06. The first kappa shape index (κ1) is 11.9. The van der Waals surface area contributed by atoms with Gasteiger partial charge in [-0.25, -0.2) is 0 Å². The minimum atomic E-state index is 0.425. The summed E-state index contributed by atoms with van der Waals surface area (Å²) in [6.07, 6.45) is 8.74. The van der Waals surface area contributed by atoms with Gasteiger partial charge < -0.3 is 9.55 Å². The van der Waals surface area contributed by atoms with E-state index in [1.807, 2.05) is 12.4 Å². The predicted molar refractivity (Wildman–Crippen MR) is 76.2 cm³/mol. The lowest BCUT2D eigenvalue weighted by atomic mass is 9.75. The van der Waals surface area contributed by atoms with Crippen LogP contribution in [0, 0.1) is 10.2 Å². The number of H-pyrrole nitrogens is 1. The maximum absolute atomic E-state index is 5.49. The number of imidazole rings is 1. The van der Waals surface area contributed by atoms with Crippen molar-refractivity contribution in [3.05, 3.63) is 23.2 Å². The Morgan fingerprint density at radius 3 is 3.11 bits per heavy atom. The number of pyridine rings is 1. The molecular formula is C14H19N3S. The molecule has 2 aromatic heterocycles. The largest absolute Gasteiger partial charge is 0.329 e. The Morgan fingerprint density at radius 2 is 2.33 bits per heavy atom. The topological polar surface area (TPSA) is 33.6 Å². The number of aromatic amines is 1.